The molecule has 4 N–H and O–H groups in total. The zero-order valence-corrected chi connectivity index (χ0v) is 15.1. The first-order valence-corrected chi connectivity index (χ1v) is 9.40. The molecule has 0 atom stereocenters. The summed E-state index contributed by atoms with van der Waals surface area (Å²) in [5, 5.41) is 14.1. The third-order valence-corrected chi connectivity index (χ3v) is 5.31. The number of fused-ring (bicyclic) bond motifs is 3. The van der Waals surface area contributed by atoms with Crippen LogP contribution in [0.4, 0.5) is 11.6 Å². The van der Waals surface area contributed by atoms with E-state index in [0.717, 1.165) is 43.3 Å². The lowest BCUT2D eigenvalue weighted by molar-refractivity contribution is 0.812. The van der Waals surface area contributed by atoms with Crippen molar-refractivity contribution in [2.24, 2.45) is 5.14 Å². The molecule has 126 valence electrons. The van der Waals surface area contributed by atoms with Crippen LogP contribution in [0.2, 0.25) is 0 Å². The molecule has 6 nitrogen and oxygen atoms in total. The van der Waals surface area contributed by atoms with Gasteiger partial charge in [-0.25, -0.2) is 15.0 Å². The summed E-state index contributed by atoms with van der Waals surface area (Å²) in [5.41, 5.74) is 2.79. The molecule has 4 rings (SSSR count). The van der Waals surface area contributed by atoms with Gasteiger partial charge in [0.2, 0.25) is 5.95 Å². The van der Waals surface area contributed by atoms with E-state index in [2.05, 4.69) is 20.6 Å². The van der Waals surface area contributed by atoms with E-state index in [4.69, 9.17) is 10.1 Å². The highest BCUT2D eigenvalue weighted by molar-refractivity contribution is 7.97. The molecule has 0 aliphatic heterocycles. The van der Waals surface area contributed by atoms with Crippen molar-refractivity contribution in [1.29, 1.82) is 0 Å². The number of hydrogen-bond acceptors (Lipinski definition) is 8. The molecule has 0 aliphatic carbocycles. The van der Waals surface area contributed by atoms with Gasteiger partial charge in [-0.05, 0) is 49.3 Å². The van der Waals surface area contributed by atoms with E-state index in [-0.39, 0.29) is 0 Å². The van der Waals surface area contributed by atoms with Crippen LogP contribution < -0.4 is 15.8 Å². The van der Waals surface area contributed by atoms with Gasteiger partial charge in [-0.3, -0.25) is 5.14 Å². The molecular formula is C17H16N6S2. The summed E-state index contributed by atoms with van der Waals surface area (Å²) < 4.78 is 1.08. The van der Waals surface area contributed by atoms with E-state index >= 15 is 0 Å². The number of nitrogens with zero attached hydrogens (tertiary/aromatic N) is 3. The van der Waals surface area contributed by atoms with E-state index in [0.29, 0.717) is 5.95 Å². The van der Waals surface area contributed by atoms with E-state index in [1.165, 1.54) is 11.9 Å². The molecule has 0 amide bonds. The predicted molar refractivity (Wildman–Crippen MR) is 105 cm³/mol. The number of nitrogens with one attached hydrogen (secondary N) is 2. The van der Waals surface area contributed by atoms with Crippen LogP contribution in [0, 0.1) is 0 Å². The molecule has 0 spiro atoms. The number of nitrogens with two attached hydrogens (primary N) is 1. The molecule has 0 bridgehead atoms. The average molecular weight is 368 g/mol. The normalized spacial score (nSPS) is 11.3. The summed E-state index contributed by atoms with van der Waals surface area (Å²) in [6.07, 6.45) is 1.84. The van der Waals surface area contributed by atoms with Gasteiger partial charge in [0.25, 0.3) is 0 Å². The van der Waals surface area contributed by atoms with Gasteiger partial charge >= 0.3 is 0 Å². The SMILES string of the molecule is CNCc1nc2ccc3cnc(Nc4cccc(SN)c4)nc3c2s1. The molecule has 0 saturated heterocycles. The highest BCUT2D eigenvalue weighted by Gasteiger charge is 2.10. The van der Waals surface area contributed by atoms with Gasteiger partial charge in [0.05, 0.1) is 15.7 Å². The first-order valence-electron chi connectivity index (χ1n) is 7.70. The molecule has 2 aromatic heterocycles. The van der Waals surface area contributed by atoms with E-state index in [9.17, 15) is 0 Å². The minimum absolute atomic E-state index is 0.558. The van der Waals surface area contributed by atoms with Crippen LogP contribution in [0.3, 0.4) is 0 Å². The quantitative estimate of drug-likeness (QED) is 0.463. The summed E-state index contributed by atoms with van der Waals surface area (Å²) in [6, 6.07) is 11.9. The Kier molecular flexibility index (Phi) is 4.50. The third kappa shape index (κ3) is 3.29. The zero-order chi connectivity index (χ0) is 17.2. The molecule has 4 aromatic rings. The smallest absolute Gasteiger partial charge is 0.227 e. The Morgan fingerprint density at radius 3 is 2.96 bits per heavy atom. The third-order valence-electron chi connectivity index (χ3n) is 3.70. The van der Waals surface area contributed by atoms with Gasteiger partial charge in [-0.15, -0.1) is 11.3 Å². The number of anilines is 2. The second-order valence-corrected chi connectivity index (χ2v) is 7.24. The minimum Gasteiger partial charge on any atom is -0.324 e. The molecule has 25 heavy (non-hydrogen) atoms. The van der Waals surface area contributed by atoms with E-state index < -0.39 is 0 Å². The first kappa shape index (κ1) is 16.2. The lowest BCUT2D eigenvalue weighted by Gasteiger charge is -2.07. The van der Waals surface area contributed by atoms with Crippen LogP contribution in [0.25, 0.3) is 21.1 Å². The number of thiazole rings is 1. The van der Waals surface area contributed by atoms with Gasteiger partial charge in [0.1, 0.15) is 5.01 Å². The zero-order valence-electron chi connectivity index (χ0n) is 13.5. The largest absolute Gasteiger partial charge is 0.324 e. The highest BCUT2D eigenvalue weighted by Crippen LogP contribution is 2.30. The average Bonchev–Trinajstić information content (AvgIpc) is 3.05. The first-order chi connectivity index (χ1) is 12.3. The Hall–Kier alpha value is -2.26. The van der Waals surface area contributed by atoms with Crippen LogP contribution in [-0.2, 0) is 6.54 Å². The molecule has 2 heterocycles. The molecule has 0 aliphatic rings. The van der Waals surface area contributed by atoms with Gasteiger partial charge in [-0.1, -0.05) is 6.07 Å². The van der Waals surface area contributed by atoms with Crippen molar-refractivity contribution in [3.8, 4) is 0 Å². The monoisotopic (exact) mass is 368 g/mol. The van der Waals surface area contributed by atoms with Crippen LogP contribution in [-0.4, -0.2) is 22.0 Å². The van der Waals surface area contributed by atoms with Gasteiger partial charge in [0, 0.05) is 28.7 Å². The van der Waals surface area contributed by atoms with Gasteiger partial charge in [-0.2, -0.15) is 0 Å². The van der Waals surface area contributed by atoms with Crippen molar-refractivity contribution in [2.45, 2.75) is 11.4 Å². The Labute approximate surface area is 153 Å². The van der Waals surface area contributed by atoms with Crippen molar-refractivity contribution >= 4 is 56.0 Å². The maximum atomic E-state index is 5.62. The fourth-order valence-electron chi connectivity index (χ4n) is 2.59. The molecule has 0 radical (unpaired) electrons. The van der Waals surface area contributed by atoms with Crippen LogP contribution in [0.15, 0.2) is 47.5 Å². The highest BCUT2D eigenvalue weighted by atomic mass is 32.2. The van der Waals surface area contributed by atoms with Crippen LogP contribution in [0.5, 0.6) is 0 Å². The van der Waals surface area contributed by atoms with Gasteiger partial charge < -0.3 is 10.6 Å². The lowest BCUT2D eigenvalue weighted by Crippen LogP contribution is -2.03. The molecule has 0 unspecified atom stereocenters. The lowest BCUT2D eigenvalue weighted by atomic mass is 10.2. The maximum Gasteiger partial charge on any atom is 0.227 e. The Balaban J connectivity index is 1.76. The van der Waals surface area contributed by atoms with E-state index in [1.54, 1.807) is 11.3 Å². The number of benzene rings is 2. The molecular weight excluding hydrogens is 352 g/mol. The van der Waals surface area contributed by atoms with Crippen molar-refractivity contribution in [2.75, 3.05) is 12.4 Å². The maximum absolute atomic E-state index is 5.62. The molecule has 0 saturated carbocycles. The van der Waals surface area contributed by atoms with Crippen LogP contribution >= 0.6 is 23.3 Å². The fraction of sp³-hybridized carbons (Fsp3) is 0.118. The van der Waals surface area contributed by atoms with Crippen molar-refractivity contribution in [3.63, 3.8) is 0 Å². The Morgan fingerprint density at radius 1 is 1.20 bits per heavy atom. The summed E-state index contributed by atoms with van der Waals surface area (Å²) in [5.74, 6) is 0.558. The second-order valence-electron chi connectivity index (χ2n) is 5.45. The summed E-state index contributed by atoms with van der Waals surface area (Å²) in [4.78, 5) is 14.8. The molecule has 8 heteroatoms. The number of rotatable bonds is 5. The summed E-state index contributed by atoms with van der Waals surface area (Å²) in [7, 11) is 1.92. The van der Waals surface area contributed by atoms with Crippen molar-refractivity contribution in [1.82, 2.24) is 20.3 Å². The van der Waals surface area contributed by atoms with Crippen LogP contribution in [0.1, 0.15) is 5.01 Å². The Bertz CT molecular complexity index is 1050. The van der Waals surface area contributed by atoms with Crippen molar-refractivity contribution < 1.29 is 0 Å². The Morgan fingerprint density at radius 2 is 2.12 bits per heavy atom. The standard InChI is InChI=1S/C17H16N6S2/c1-19-9-14-22-13-6-5-10-8-20-17(23-15(10)16(13)24-14)21-11-3-2-4-12(7-11)25-18/h2-8,19H,9,18H2,1H3,(H,20,21,23). The molecule has 0 fully saturated rings. The minimum atomic E-state index is 0.558. The molecule has 2 aromatic carbocycles. The number of aromatic nitrogens is 3. The fourth-order valence-corrected chi connectivity index (χ4v) is 4.01. The predicted octanol–water partition coefficient (Wildman–Crippen LogP) is 3.67. The second kappa shape index (κ2) is 6.93. The summed E-state index contributed by atoms with van der Waals surface area (Å²) in [6.45, 7) is 0.751. The number of hydrogen-bond donors (Lipinski definition) is 3. The van der Waals surface area contributed by atoms with Crippen molar-refractivity contribution in [3.05, 3.63) is 47.6 Å². The van der Waals surface area contributed by atoms with E-state index in [1.807, 2.05) is 49.6 Å². The van der Waals surface area contributed by atoms with Gasteiger partial charge in [0.15, 0.2) is 0 Å². The topological polar surface area (TPSA) is 88.8 Å². The summed E-state index contributed by atoms with van der Waals surface area (Å²) >= 11 is 2.87.